The molecule has 94 valence electrons. The molecular formula is C13H20N2S2. The highest BCUT2D eigenvalue weighted by Gasteiger charge is 1.95. The van der Waals surface area contributed by atoms with Crippen LogP contribution in [0.2, 0.25) is 0 Å². The van der Waals surface area contributed by atoms with Crippen LogP contribution in [0.25, 0.3) is 0 Å². The second-order valence-electron chi connectivity index (χ2n) is 3.80. The molecule has 0 heterocycles. The standard InChI is InChI=1S/C13H20N2S2/c1-17-11-7-3-6-10-14-13(16)15-12-8-4-2-5-9-12/h2,4-5,8-9H,3,6-7,10-11H2,1H3,(H2,14,15,16). The van der Waals surface area contributed by atoms with Crippen molar-refractivity contribution in [3.05, 3.63) is 30.3 Å². The molecule has 0 aromatic heterocycles. The fourth-order valence-electron chi connectivity index (χ4n) is 1.45. The van der Waals surface area contributed by atoms with Gasteiger partial charge < -0.3 is 10.6 Å². The predicted molar refractivity (Wildman–Crippen MR) is 82.9 cm³/mol. The lowest BCUT2D eigenvalue weighted by atomic mass is 10.2. The van der Waals surface area contributed by atoms with E-state index >= 15 is 0 Å². The smallest absolute Gasteiger partial charge is 0.170 e. The number of anilines is 1. The summed E-state index contributed by atoms with van der Waals surface area (Å²) in [5, 5.41) is 7.09. The molecule has 0 amide bonds. The van der Waals surface area contributed by atoms with Crippen molar-refractivity contribution in [2.45, 2.75) is 19.3 Å². The van der Waals surface area contributed by atoms with Crippen LogP contribution in [0, 0.1) is 0 Å². The van der Waals surface area contributed by atoms with Crippen molar-refractivity contribution < 1.29 is 0 Å². The van der Waals surface area contributed by atoms with Gasteiger partial charge in [-0.2, -0.15) is 11.8 Å². The lowest BCUT2D eigenvalue weighted by molar-refractivity contribution is 0.702. The second kappa shape index (κ2) is 9.31. The van der Waals surface area contributed by atoms with Crippen LogP contribution in [-0.2, 0) is 0 Å². The van der Waals surface area contributed by atoms with Gasteiger partial charge in [0.25, 0.3) is 0 Å². The average Bonchev–Trinajstić information content (AvgIpc) is 2.35. The zero-order chi connectivity index (χ0) is 12.3. The molecule has 0 bridgehead atoms. The summed E-state index contributed by atoms with van der Waals surface area (Å²) in [5.74, 6) is 1.26. The number of nitrogens with one attached hydrogen (secondary N) is 2. The fraction of sp³-hybridized carbons (Fsp3) is 0.462. The minimum atomic E-state index is 0.709. The van der Waals surface area contributed by atoms with Crippen molar-refractivity contribution >= 4 is 34.8 Å². The van der Waals surface area contributed by atoms with Crippen molar-refractivity contribution in [2.75, 3.05) is 23.9 Å². The Balaban J connectivity index is 2.06. The van der Waals surface area contributed by atoms with E-state index in [1.165, 1.54) is 25.0 Å². The zero-order valence-electron chi connectivity index (χ0n) is 10.2. The Morgan fingerprint density at radius 2 is 1.94 bits per heavy atom. The first-order valence-corrected chi connectivity index (χ1v) is 7.72. The lowest BCUT2D eigenvalue weighted by Crippen LogP contribution is -2.29. The minimum Gasteiger partial charge on any atom is -0.362 e. The normalized spacial score (nSPS) is 9.94. The number of para-hydroxylation sites is 1. The van der Waals surface area contributed by atoms with Crippen LogP contribution in [0.3, 0.4) is 0 Å². The number of thioether (sulfide) groups is 1. The molecule has 0 aliphatic carbocycles. The molecular weight excluding hydrogens is 248 g/mol. The molecule has 0 saturated carbocycles. The van der Waals surface area contributed by atoms with Gasteiger partial charge >= 0.3 is 0 Å². The maximum atomic E-state index is 5.21. The average molecular weight is 268 g/mol. The van der Waals surface area contributed by atoms with Crippen molar-refractivity contribution in [3.8, 4) is 0 Å². The van der Waals surface area contributed by atoms with Crippen molar-refractivity contribution in [1.82, 2.24) is 5.32 Å². The Hall–Kier alpha value is -0.740. The quantitative estimate of drug-likeness (QED) is 0.584. The maximum Gasteiger partial charge on any atom is 0.170 e. The van der Waals surface area contributed by atoms with E-state index in [0.717, 1.165) is 12.2 Å². The molecule has 0 spiro atoms. The van der Waals surface area contributed by atoms with Crippen molar-refractivity contribution in [3.63, 3.8) is 0 Å². The Bertz CT molecular complexity index is 314. The summed E-state index contributed by atoms with van der Waals surface area (Å²) < 4.78 is 0. The number of unbranched alkanes of at least 4 members (excludes halogenated alkanes) is 2. The zero-order valence-corrected chi connectivity index (χ0v) is 11.9. The summed E-state index contributed by atoms with van der Waals surface area (Å²) in [6, 6.07) is 9.99. The molecule has 1 aromatic rings. The van der Waals surface area contributed by atoms with E-state index in [-0.39, 0.29) is 0 Å². The number of hydrogen-bond acceptors (Lipinski definition) is 2. The first-order valence-electron chi connectivity index (χ1n) is 5.92. The molecule has 0 unspecified atom stereocenters. The molecule has 17 heavy (non-hydrogen) atoms. The van der Waals surface area contributed by atoms with E-state index in [9.17, 15) is 0 Å². The molecule has 1 aromatic carbocycles. The van der Waals surface area contributed by atoms with Crippen molar-refractivity contribution in [1.29, 1.82) is 0 Å². The molecule has 0 atom stereocenters. The summed E-state index contributed by atoms with van der Waals surface area (Å²) in [7, 11) is 0. The van der Waals surface area contributed by atoms with Gasteiger partial charge in [0.1, 0.15) is 0 Å². The molecule has 1 rings (SSSR count). The summed E-state index contributed by atoms with van der Waals surface area (Å²) >= 11 is 7.12. The van der Waals surface area contributed by atoms with E-state index in [2.05, 4.69) is 16.9 Å². The van der Waals surface area contributed by atoms with Gasteiger partial charge in [-0.25, -0.2) is 0 Å². The van der Waals surface area contributed by atoms with E-state index < -0.39 is 0 Å². The number of thiocarbonyl (C=S) groups is 1. The number of benzene rings is 1. The third-order valence-corrected chi connectivity index (χ3v) is 3.29. The molecule has 2 N–H and O–H groups in total. The molecule has 0 aliphatic heterocycles. The van der Waals surface area contributed by atoms with E-state index in [1.54, 1.807) is 0 Å². The summed E-state index contributed by atoms with van der Waals surface area (Å²) in [4.78, 5) is 0. The molecule has 0 fully saturated rings. The van der Waals surface area contributed by atoms with E-state index in [0.29, 0.717) is 5.11 Å². The third-order valence-electron chi connectivity index (χ3n) is 2.34. The van der Waals surface area contributed by atoms with Gasteiger partial charge in [-0.1, -0.05) is 24.6 Å². The first kappa shape index (κ1) is 14.3. The molecule has 0 saturated heterocycles. The van der Waals surface area contributed by atoms with Gasteiger partial charge in [-0.15, -0.1) is 0 Å². The molecule has 4 heteroatoms. The topological polar surface area (TPSA) is 24.1 Å². The maximum absolute atomic E-state index is 5.21. The van der Waals surface area contributed by atoms with Gasteiger partial charge in [0.05, 0.1) is 0 Å². The van der Waals surface area contributed by atoms with Gasteiger partial charge in [0, 0.05) is 12.2 Å². The highest BCUT2D eigenvalue weighted by Crippen LogP contribution is 2.04. The molecule has 0 radical (unpaired) electrons. The Kier molecular flexibility index (Phi) is 7.84. The van der Waals surface area contributed by atoms with Crippen LogP contribution in [0.15, 0.2) is 30.3 Å². The highest BCUT2D eigenvalue weighted by atomic mass is 32.2. The van der Waals surface area contributed by atoms with Gasteiger partial charge in [0.2, 0.25) is 0 Å². The summed E-state index contributed by atoms with van der Waals surface area (Å²) in [5.41, 5.74) is 1.03. The van der Waals surface area contributed by atoms with Crippen LogP contribution < -0.4 is 10.6 Å². The third kappa shape index (κ3) is 7.23. The largest absolute Gasteiger partial charge is 0.362 e. The highest BCUT2D eigenvalue weighted by molar-refractivity contribution is 7.98. The minimum absolute atomic E-state index is 0.709. The van der Waals surface area contributed by atoms with Crippen LogP contribution in [0.4, 0.5) is 5.69 Å². The summed E-state index contributed by atoms with van der Waals surface area (Å²) in [6.07, 6.45) is 5.89. The van der Waals surface area contributed by atoms with Crippen LogP contribution in [0.5, 0.6) is 0 Å². The number of rotatable bonds is 7. The number of hydrogen-bond donors (Lipinski definition) is 2. The van der Waals surface area contributed by atoms with Gasteiger partial charge in [0.15, 0.2) is 5.11 Å². The first-order chi connectivity index (χ1) is 8.33. The monoisotopic (exact) mass is 268 g/mol. The van der Waals surface area contributed by atoms with E-state index in [4.69, 9.17) is 12.2 Å². The van der Waals surface area contributed by atoms with Crippen LogP contribution in [-0.4, -0.2) is 23.7 Å². The second-order valence-corrected chi connectivity index (χ2v) is 5.19. The Labute approximate surface area is 114 Å². The Morgan fingerprint density at radius 3 is 2.65 bits per heavy atom. The predicted octanol–water partition coefficient (Wildman–Crippen LogP) is 3.51. The summed E-state index contributed by atoms with van der Waals surface area (Å²) in [6.45, 7) is 0.951. The van der Waals surface area contributed by atoms with Crippen LogP contribution in [0.1, 0.15) is 19.3 Å². The fourth-order valence-corrected chi connectivity index (χ4v) is 2.16. The molecule has 2 nitrogen and oxygen atoms in total. The van der Waals surface area contributed by atoms with Crippen molar-refractivity contribution in [2.24, 2.45) is 0 Å². The SMILES string of the molecule is CSCCCCCNC(=S)Nc1ccccc1. The van der Waals surface area contributed by atoms with E-state index in [1.807, 2.05) is 42.1 Å². The van der Waals surface area contributed by atoms with Gasteiger partial charge in [-0.3, -0.25) is 0 Å². The molecule has 0 aliphatic rings. The van der Waals surface area contributed by atoms with Crippen LogP contribution >= 0.6 is 24.0 Å². The lowest BCUT2D eigenvalue weighted by Gasteiger charge is -2.10. The Morgan fingerprint density at radius 1 is 1.18 bits per heavy atom. The van der Waals surface area contributed by atoms with Gasteiger partial charge in [-0.05, 0) is 49.2 Å².